The first-order chi connectivity index (χ1) is 8.37. The van der Waals surface area contributed by atoms with Crippen LogP contribution in [0.3, 0.4) is 0 Å². The fourth-order valence-corrected chi connectivity index (χ4v) is 2.14. The fourth-order valence-electron chi connectivity index (χ4n) is 1.71. The van der Waals surface area contributed by atoms with Gasteiger partial charge in [0.05, 0.1) is 15.1 Å². The summed E-state index contributed by atoms with van der Waals surface area (Å²) in [7, 11) is 0. The van der Waals surface area contributed by atoms with Crippen LogP contribution in [0.4, 0.5) is 0 Å². The van der Waals surface area contributed by atoms with E-state index in [2.05, 4.69) is 11.1 Å². The van der Waals surface area contributed by atoms with Gasteiger partial charge in [-0.25, -0.2) is 4.98 Å². The maximum absolute atomic E-state index is 11.9. The van der Waals surface area contributed by atoms with Gasteiger partial charge in [-0.05, 0) is 56.2 Å². The SMILES string of the molecule is Cc1ncc(I)c(=O)n1CCCCC(C)(C)C#N. The topological polar surface area (TPSA) is 58.7 Å². The van der Waals surface area contributed by atoms with Gasteiger partial charge in [-0.1, -0.05) is 6.42 Å². The van der Waals surface area contributed by atoms with Gasteiger partial charge in [0.25, 0.3) is 5.56 Å². The molecule has 1 aromatic rings. The van der Waals surface area contributed by atoms with E-state index in [4.69, 9.17) is 5.26 Å². The summed E-state index contributed by atoms with van der Waals surface area (Å²) in [6, 6.07) is 2.29. The molecule has 0 N–H and O–H groups in total. The number of nitrogens with zero attached hydrogens (tertiary/aromatic N) is 3. The van der Waals surface area contributed by atoms with Gasteiger partial charge in [0.2, 0.25) is 0 Å². The standard InChI is InChI=1S/C13H18IN3O/c1-10-16-8-11(14)12(18)17(10)7-5-4-6-13(2,3)9-15/h8H,4-7H2,1-3H3. The maximum Gasteiger partial charge on any atom is 0.266 e. The van der Waals surface area contributed by atoms with Crippen LogP contribution < -0.4 is 5.56 Å². The summed E-state index contributed by atoms with van der Waals surface area (Å²) < 4.78 is 2.36. The summed E-state index contributed by atoms with van der Waals surface area (Å²) in [5.41, 5.74) is -0.244. The summed E-state index contributed by atoms with van der Waals surface area (Å²) in [4.78, 5) is 16.1. The molecule has 1 rings (SSSR count). The summed E-state index contributed by atoms with van der Waals surface area (Å²) in [6.07, 6.45) is 4.30. The van der Waals surface area contributed by atoms with Crippen molar-refractivity contribution in [2.75, 3.05) is 0 Å². The Morgan fingerprint density at radius 2 is 2.17 bits per heavy atom. The van der Waals surface area contributed by atoms with Crippen LogP contribution in [0.5, 0.6) is 0 Å². The number of halogens is 1. The van der Waals surface area contributed by atoms with Gasteiger partial charge < -0.3 is 0 Å². The molecule has 5 heteroatoms. The predicted octanol–water partition coefficient (Wildman–Crippen LogP) is 2.88. The summed E-state index contributed by atoms with van der Waals surface area (Å²) in [5, 5.41) is 8.92. The average molecular weight is 359 g/mol. The highest BCUT2D eigenvalue weighted by molar-refractivity contribution is 14.1. The third-order valence-corrected chi connectivity index (χ3v) is 3.68. The number of hydrogen-bond donors (Lipinski definition) is 0. The lowest BCUT2D eigenvalue weighted by Gasteiger charge is -2.15. The molecule has 0 atom stereocenters. The average Bonchev–Trinajstić information content (AvgIpc) is 2.33. The molecule has 0 spiro atoms. The Bertz CT molecular complexity index is 514. The zero-order valence-electron chi connectivity index (χ0n) is 11.0. The molecule has 0 aliphatic heterocycles. The largest absolute Gasteiger partial charge is 0.296 e. The van der Waals surface area contributed by atoms with Gasteiger partial charge in [-0.3, -0.25) is 9.36 Å². The lowest BCUT2D eigenvalue weighted by atomic mass is 9.89. The zero-order valence-corrected chi connectivity index (χ0v) is 13.2. The lowest BCUT2D eigenvalue weighted by Crippen LogP contribution is -2.25. The van der Waals surface area contributed by atoms with Crippen molar-refractivity contribution in [1.29, 1.82) is 5.26 Å². The number of rotatable bonds is 5. The van der Waals surface area contributed by atoms with E-state index in [1.807, 2.05) is 43.4 Å². The third kappa shape index (κ3) is 4.09. The van der Waals surface area contributed by atoms with Crippen molar-refractivity contribution in [2.24, 2.45) is 5.41 Å². The van der Waals surface area contributed by atoms with Crippen molar-refractivity contribution in [3.8, 4) is 6.07 Å². The molecular formula is C13H18IN3O. The summed E-state index contributed by atoms with van der Waals surface area (Å²) >= 11 is 2.01. The molecule has 0 aromatic carbocycles. The van der Waals surface area contributed by atoms with E-state index in [-0.39, 0.29) is 11.0 Å². The minimum Gasteiger partial charge on any atom is -0.296 e. The van der Waals surface area contributed by atoms with Crippen molar-refractivity contribution in [3.05, 3.63) is 25.9 Å². The molecular weight excluding hydrogens is 341 g/mol. The van der Waals surface area contributed by atoms with E-state index in [9.17, 15) is 4.79 Å². The number of unbranched alkanes of at least 4 members (excludes halogenated alkanes) is 1. The number of aromatic nitrogens is 2. The van der Waals surface area contributed by atoms with Crippen LogP contribution in [-0.2, 0) is 6.54 Å². The molecule has 0 unspecified atom stereocenters. The summed E-state index contributed by atoms with van der Waals surface area (Å²) in [5.74, 6) is 0.750. The highest BCUT2D eigenvalue weighted by Crippen LogP contribution is 2.21. The lowest BCUT2D eigenvalue weighted by molar-refractivity contribution is 0.413. The van der Waals surface area contributed by atoms with E-state index < -0.39 is 0 Å². The molecule has 0 saturated carbocycles. The van der Waals surface area contributed by atoms with E-state index in [1.54, 1.807) is 10.8 Å². The Kier molecular flexibility index (Phi) is 5.32. The van der Waals surface area contributed by atoms with Crippen molar-refractivity contribution >= 4 is 22.6 Å². The zero-order chi connectivity index (χ0) is 13.8. The molecule has 0 bridgehead atoms. The Balaban J connectivity index is 2.58. The Labute approximate surface area is 121 Å². The number of nitriles is 1. The van der Waals surface area contributed by atoms with Crippen molar-refractivity contribution in [2.45, 2.75) is 46.6 Å². The fraction of sp³-hybridized carbons (Fsp3) is 0.615. The van der Waals surface area contributed by atoms with Crippen molar-refractivity contribution in [1.82, 2.24) is 9.55 Å². The first-order valence-electron chi connectivity index (χ1n) is 6.00. The number of hydrogen-bond acceptors (Lipinski definition) is 3. The molecule has 0 aliphatic carbocycles. The van der Waals surface area contributed by atoms with E-state index >= 15 is 0 Å². The van der Waals surface area contributed by atoms with Gasteiger partial charge in [0, 0.05) is 12.7 Å². The Morgan fingerprint density at radius 1 is 1.50 bits per heavy atom. The van der Waals surface area contributed by atoms with Gasteiger partial charge in [0.15, 0.2) is 0 Å². The second kappa shape index (κ2) is 6.32. The first-order valence-corrected chi connectivity index (χ1v) is 7.08. The molecule has 1 aromatic heterocycles. The molecule has 0 radical (unpaired) electrons. The smallest absolute Gasteiger partial charge is 0.266 e. The van der Waals surface area contributed by atoms with E-state index in [1.165, 1.54) is 0 Å². The van der Waals surface area contributed by atoms with Crippen molar-refractivity contribution < 1.29 is 0 Å². The van der Waals surface area contributed by atoms with Crippen LogP contribution in [0.15, 0.2) is 11.0 Å². The van der Waals surface area contributed by atoms with Crippen LogP contribution >= 0.6 is 22.6 Å². The van der Waals surface area contributed by atoms with Gasteiger partial charge in [0.1, 0.15) is 5.82 Å². The monoisotopic (exact) mass is 359 g/mol. The van der Waals surface area contributed by atoms with Crippen LogP contribution in [0, 0.1) is 27.2 Å². The Morgan fingerprint density at radius 3 is 2.78 bits per heavy atom. The minimum atomic E-state index is -0.274. The van der Waals surface area contributed by atoms with Gasteiger partial charge in [-0.15, -0.1) is 0 Å². The molecule has 0 saturated heterocycles. The van der Waals surface area contributed by atoms with E-state index in [0.29, 0.717) is 10.1 Å². The summed E-state index contributed by atoms with van der Waals surface area (Å²) in [6.45, 7) is 6.40. The molecule has 18 heavy (non-hydrogen) atoms. The highest BCUT2D eigenvalue weighted by atomic mass is 127. The van der Waals surface area contributed by atoms with Gasteiger partial charge in [-0.2, -0.15) is 5.26 Å². The van der Waals surface area contributed by atoms with E-state index in [0.717, 1.165) is 25.1 Å². The maximum atomic E-state index is 11.9. The molecule has 98 valence electrons. The number of aryl methyl sites for hydroxylation is 1. The third-order valence-electron chi connectivity index (χ3n) is 2.94. The van der Waals surface area contributed by atoms with Crippen LogP contribution in [0.25, 0.3) is 0 Å². The van der Waals surface area contributed by atoms with Crippen molar-refractivity contribution in [3.63, 3.8) is 0 Å². The normalized spacial score (nSPS) is 11.3. The van der Waals surface area contributed by atoms with Gasteiger partial charge >= 0.3 is 0 Å². The van der Waals surface area contributed by atoms with Crippen LogP contribution in [-0.4, -0.2) is 9.55 Å². The molecule has 4 nitrogen and oxygen atoms in total. The molecule has 0 amide bonds. The first kappa shape index (κ1) is 15.2. The molecule has 0 fully saturated rings. The van der Waals surface area contributed by atoms with Crippen LogP contribution in [0.1, 0.15) is 38.9 Å². The second-order valence-corrected chi connectivity index (χ2v) is 6.23. The van der Waals surface area contributed by atoms with Crippen LogP contribution in [0.2, 0.25) is 0 Å². The predicted molar refractivity (Wildman–Crippen MR) is 79.2 cm³/mol. The molecule has 0 aliphatic rings. The molecule has 1 heterocycles. The Hall–Kier alpha value is -0.900. The minimum absolute atomic E-state index is 0.0302. The quantitative estimate of drug-likeness (QED) is 0.600. The second-order valence-electron chi connectivity index (χ2n) is 5.06. The highest BCUT2D eigenvalue weighted by Gasteiger charge is 2.15.